The van der Waals surface area contributed by atoms with E-state index >= 15 is 0 Å². The highest BCUT2D eigenvalue weighted by Crippen LogP contribution is 2.30. The molecule has 0 atom stereocenters. The summed E-state index contributed by atoms with van der Waals surface area (Å²) < 4.78 is 0. The summed E-state index contributed by atoms with van der Waals surface area (Å²) in [6, 6.07) is 5.38. The van der Waals surface area contributed by atoms with Crippen LogP contribution in [0.15, 0.2) is 30.6 Å². The maximum Gasteiger partial charge on any atom is 0.254 e. The lowest BCUT2D eigenvalue weighted by Crippen LogP contribution is -2.54. The molecule has 0 aliphatic heterocycles. The van der Waals surface area contributed by atoms with Gasteiger partial charge in [0.2, 0.25) is 0 Å². The van der Waals surface area contributed by atoms with Crippen LogP contribution in [0.3, 0.4) is 0 Å². The van der Waals surface area contributed by atoms with Gasteiger partial charge in [0.25, 0.3) is 5.91 Å². The number of thiocarbonyl (C=S) groups is 1. The summed E-state index contributed by atoms with van der Waals surface area (Å²) in [5.41, 5.74) is 7.09. The van der Waals surface area contributed by atoms with E-state index in [2.05, 4.69) is 15.3 Å². The molecule has 0 radical (unpaired) electrons. The zero-order valence-electron chi connectivity index (χ0n) is 11.5. The van der Waals surface area contributed by atoms with Crippen molar-refractivity contribution in [1.82, 2.24) is 15.3 Å². The summed E-state index contributed by atoms with van der Waals surface area (Å²) in [6.45, 7) is 0. The van der Waals surface area contributed by atoms with Crippen molar-refractivity contribution < 1.29 is 4.79 Å². The molecule has 5 nitrogen and oxygen atoms in total. The van der Waals surface area contributed by atoms with E-state index in [0.29, 0.717) is 21.6 Å². The van der Waals surface area contributed by atoms with Gasteiger partial charge in [-0.05, 0) is 25.0 Å². The summed E-state index contributed by atoms with van der Waals surface area (Å²) in [5, 5.41) is 3.03. The minimum atomic E-state index is -0.559. The van der Waals surface area contributed by atoms with Crippen molar-refractivity contribution in [2.24, 2.45) is 5.73 Å². The maximum absolute atomic E-state index is 12.6. The Morgan fingerprint density at radius 3 is 2.67 bits per heavy atom. The van der Waals surface area contributed by atoms with E-state index in [1.54, 1.807) is 24.5 Å². The third-order valence-corrected chi connectivity index (χ3v) is 4.42. The average molecular weight is 300 g/mol. The molecule has 0 unspecified atom stereocenters. The van der Waals surface area contributed by atoms with Crippen LogP contribution >= 0.6 is 12.2 Å². The second kappa shape index (κ2) is 5.37. The second-order valence-corrected chi connectivity index (χ2v) is 5.78. The summed E-state index contributed by atoms with van der Waals surface area (Å²) in [4.78, 5) is 21.5. The highest BCUT2D eigenvalue weighted by atomic mass is 32.1. The van der Waals surface area contributed by atoms with Gasteiger partial charge in [-0.1, -0.05) is 31.1 Å². The SMILES string of the molecule is NC(=S)C1(NC(=O)c2cccc3nccnc23)CCCC1. The molecule has 21 heavy (non-hydrogen) atoms. The molecule has 1 aliphatic carbocycles. The number of amides is 1. The Labute approximate surface area is 128 Å². The Morgan fingerprint density at radius 2 is 1.95 bits per heavy atom. The first kappa shape index (κ1) is 13.9. The molecule has 0 bridgehead atoms. The fraction of sp³-hybridized carbons (Fsp3) is 0.333. The van der Waals surface area contributed by atoms with Crippen LogP contribution in [0.2, 0.25) is 0 Å². The van der Waals surface area contributed by atoms with Gasteiger partial charge in [-0.2, -0.15) is 0 Å². The fourth-order valence-electron chi connectivity index (χ4n) is 2.87. The molecular weight excluding hydrogens is 284 g/mol. The quantitative estimate of drug-likeness (QED) is 0.847. The van der Waals surface area contributed by atoms with Crippen molar-refractivity contribution in [3.8, 4) is 0 Å². The van der Waals surface area contributed by atoms with Gasteiger partial charge in [-0.3, -0.25) is 14.8 Å². The molecule has 0 saturated heterocycles. The number of nitrogens with two attached hydrogens (primary N) is 1. The first-order chi connectivity index (χ1) is 10.1. The number of benzene rings is 1. The zero-order valence-corrected chi connectivity index (χ0v) is 12.3. The van der Waals surface area contributed by atoms with Crippen LogP contribution in [0.5, 0.6) is 0 Å². The highest BCUT2D eigenvalue weighted by molar-refractivity contribution is 7.80. The van der Waals surface area contributed by atoms with Crippen LogP contribution < -0.4 is 11.1 Å². The molecule has 1 aromatic heterocycles. The second-order valence-electron chi connectivity index (χ2n) is 5.34. The van der Waals surface area contributed by atoms with Crippen molar-refractivity contribution in [2.75, 3.05) is 0 Å². The van der Waals surface area contributed by atoms with E-state index in [9.17, 15) is 4.79 Å². The number of fused-ring (bicyclic) bond motifs is 1. The predicted molar refractivity (Wildman–Crippen MR) is 85.0 cm³/mol. The van der Waals surface area contributed by atoms with E-state index in [-0.39, 0.29) is 5.91 Å². The van der Waals surface area contributed by atoms with Crippen LogP contribution in [0.4, 0.5) is 0 Å². The third-order valence-electron chi connectivity index (χ3n) is 4.02. The van der Waals surface area contributed by atoms with E-state index < -0.39 is 5.54 Å². The van der Waals surface area contributed by atoms with Crippen LogP contribution in [-0.4, -0.2) is 26.4 Å². The Bertz CT molecular complexity index is 704. The molecule has 1 aliphatic rings. The number of carbonyl (C=O) groups excluding carboxylic acids is 1. The van der Waals surface area contributed by atoms with Gasteiger partial charge in [0.05, 0.1) is 21.6 Å². The number of hydrogen-bond acceptors (Lipinski definition) is 4. The van der Waals surface area contributed by atoms with Gasteiger partial charge in [0.15, 0.2) is 0 Å². The topological polar surface area (TPSA) is 80.9 Å². The Balaban J connectivity index is 1.96. The van der Waals surface area contributed by atoms with Gasteiger partial charge >= 0.3 is 0 Å². The lowest BCUT2D eigenvalue weighted by atomic mass is 9.96. The molecule has 2 aromatic rings. The molecule has 1 fully saturated rings. The molecule has 3 N–H and O–H groups in total. The lowest BCUT2D eigenvalue weighted by molar-refractivity contribution is 0.0926. The van der Waals surface area contributed by atoms with E-state index in [4.69, 9.17) is 18.0 Å². The van der Waals surface area contributed by atoms with Gasteiger partial charge in [-0.25, -0.2) is 0 Å². The largest absolute Gasteiger partial charge is 0.391 e. The lowest BCUT2D eigenvalue weighted by Gasteiger charge is -2.29. The van der Waals surface area contributed by atoms with Gasteiger partial charge in [-0.15, -0.1) is 0 Å². The van der Waals surface area contributed by atoms with Gasteiger partial charge in [0.1, 0.15) is 5.52 Å². The number of carbonyl (C=O) groups is 1. The number of rotatable bonds is 3. The van der Waals surface area contributed by atoms with Crippen LogP contribution in [0, 0.1) is 0 Å². The first-order valence-corrected chi connectivity index (χ1v) is 7.35. The smallest absolute Gasteiger partial charge is 0.254 e. The average Bonchev–Trinajstić information content (AvgIpc) is 2.96. The van der Waals surface area contributed by atoms with E-state index in [1.165, 1.54) is 0 Å². The van der Waals surface area contributed by atoms with Crippen LogP contribution in [0.1, 0.15) is 36.0 Å². The van der Waals surface area contributed by atoms with Crippen molar-refractivity contribution in [3.05, 3.63) is 36.2 Å². The number of para-hydroxylation sites is 1. The third kappa shape index (κ3) is 2.47. The first-order valence-electron chi connectivity index (χ1n) is 6.94. The number of nitrogens with one attached hydrogen (secondary N) is 1. The molecule has 1 heterocycles. The molecule has 1 amide bonds. The normalized spacial score (nSPS) is 16.8. The Kier molecular flexibility index (Phi) is 3.55. The zero-order chi connectivity index (χ0) is 14.9. The van der Waals surface area contributed by atoms with Crippen molar-refractivity contribution in [3.63, 3.8) is 0 Å². The molecule has 1 saturated carbocycles. The highest BCUT2D eigenvalue weighted by Gasteiger charge is 2.38. The Hall–Kier alpha value is -2.08. The monoisotopic (exact) mass is 300 g/mol. The van der Waals surface area contributed by atoms with Crippen molar-refractivity contribution in [2.45, 2.75) is 31.2 Å². The molecule has 1 aromatic carbocycles. The predicted octanol–water partition coefficient (Wildman–Crippen LogP) is 1.96. The summed E-state index contributed by atoms with van der Waals surface area (Å²) in [7, 11) is 0. The standard InChI is InChI=1S/C15H16N4OS/c16-14(21)15(6-1-2-7-15)19-13(20)10-4-3-5-11-12(10)18-9-8-17-11/h3-5,8-9H,1-2,6-7H2,(H2,16,21)(H,19,20). The van der Waals surface area contributed by atoms with Gasteiger partial charge in [0, 0.05) is 12.4 Å². The summed E-state index contributed by atoms with van der Waals surface area (Å²) in [6.07, 6.45) is 6.82. The summed E-state index contributed by atoms with van der Waals surface area (Å²) in [5.74, 6) is -0.198. The Morgan fingerprint density at radius 1 is 1.24 bits per heavy atom. The molecular formula is C15H16N4OS. The van der Waals surface area contributed by atoms with Gasteiger partial charge < -0.3 is 11.1 Å². The number of nitrogens with zero attached hydrogens (tertiary/aromatic N) is 2. The fourth-order valence-corrected chi connectivity index (χ4v) is 3.13. The van der Waals surface area contributed by atoms with Crippen molar-refractivity contribution in [1.29, 1.82) is 0 Å². The number of aromatic nitrogens is 2. The maximum atomic E-state index is 12.6. The number of hydrogen-bond donors (Lipinski definition) is 2. The molecule has 3 rings (SSSR count). The molecule has 0 spiro atoms. The van der Waals surface area contributed by atoms with Crippen molar-refractivity contribution >= 4 is 34.1 Å². The summed E-state index contributed by atoms with van der Waals surface area (Å²) >= 11 is 5.17. The van der Waals surface area contributed by atoms with E-state index in [1.807, 2.05) is 6.07 Å². The minimum Gasteiger partial charge on any atom is -0.391 e. The minimum absolute atomic E-state index is 0.198. The molecule has 6 heteroatoms. The molecule has 108 valence electrons. The van der Waals surface area contributed by atoms with Crippen LogP contribution in [0.25, 0.3) is 11.0 Å². The van der Waals surface area contributed by atoms with Crippen LogP contribution in [-0.2, 0) is 0 Å². The van der Waals surface area contributed by atoms with E-state index in [0.717, 1.165) is 25.7 Å².